The highest BCUT2D eigenvalue weighted by Crippen LogP contribution is 2.36. The number of nitrogens with zero attached hydrogens (tertiary/aromatic N) is 2. The fourth-order valence-electron chi connectivity index (χ4n) is 6.17. The number of imide groups is 1. The van der Waals surface area contributed by atoms with Crippen LogP contribution >= 0.6 is 0 Å². The summed E-state index contributed by atoms with van der Waals surface area (Å²) in [7, 11) is 0. The Morgan fingerprint density at radius 3 is 2.26 bits per heavy atom. The number of carbonyl (C=O) groups excluding carboxylic acids is 3. The SMILES string of the molecule is CC1CCC[N+]1(C(=O)O)C([C@H](O)CCc1ccccc1)N(C(=O)Cc1ccc2ccccc2c1)C(=O)[C@@H](N)CC(N)=O. The van der Waals surface area contributed by atoms with Crippen molar-refractivity contribution in [1.82, 2.24) is 4.90 Å². The molecule has 10 nitrogen and oxygen atoms in total. The van der Waals surface area contributed by atoms with Gasteiger partial charge in [-0.2, -0.15) is 9.28 Å². The second-order valence-corrected chi connectivity index (χ2v) is 11.2. The van der Waals surface area contributed by atoms with Gasteiger partial charge in [-0.15, -0.1) is 0 Å². The minimum atomic E-state index is -1.49. The third kappa shape index (κ3) is 6.51. The van der Waals surface area contributed by atoms with E-state index in [4.69, 9.17) is 11.5 Å². The normalized spacial score (nSPS) is 20.5. The van der Waals surface area contributed by atoms with Gasteiger partial charge in [0.05, 0.1) is 31.5 Å². The summed E-state index contributed by atoms with van der Waals surface area (Å²) in [6, 6.07) is 20.5. The molecule has 42 heavy (non-hydrogen) atoms. The summed E-state index contributed by atoms with van der Waals surface area (Å²) in [4.78, 5) is 53.7. The number of amides is 4. The van der Waals surface area contributed by atoms with E-state index >= 15 is 0 Å². The molecule has 1 saturated heterocycles. The Labute approximate surface area is 245 Å². The van der Waals surface area contributed by atoms with Crippen molar-refractivity contribution < 1.29 is 33.9 Å². The van der Waals surface area contributed by atoms with Crippen LogP contribution in [-0.2, 0) is 27.2 Å². The Balaban J connectivity index is 1.78. The molecule has 0 aliphatic carbocycles. The number of fused-ring (bicyclic) bond motifs is 1. The number of aryl methyl sites for hydroxylation is 1. The molecule has 1 fully saturated rings. The van der Waals surface area contributed by atoms with E-state index in [1.165, 1.54) is 0 Å². The number of benzene rings is 3. The highest BCUT2D eigenvalue weighted by molar-refractivity contribution is 6.00. The van der Waals surface area contributed by atoms with Gasteiger partial charge in [0.1, 0.15) is 6.10 Å². The summed E-state index contributed by atoms with van der Waals surface area (Å²) in [5.74, 6) is -2.49. The lowest BCUT2D eigenvalue weighted by Gasteiger charge is -2.46. The summed E-state index contributed by atoms with van der Waals surface area (Å²) in [6.07, 6.45) is -3.35. The van der Waals surface area contributed by atoms with E-state index in [1.54, 1.807) is 13.0 Å². The van der Waals surface area contributed by atoms with Gasteiger partial charge in [-0.05, 0) is 41.7 Å². The maximum Gasteiger partial charge on any atom is 0.515 e. The molecule has 5 atom stereocenters. The van der Waals surface area contributed by atoms with Crippen molar-refractivity contribution in [2.75, 3.05) is 6.54 Å². The molecule has 4 amide bonds. The topological polar surface area (TPSA) is 164 Å². The third-order valence-corrected chi connectivity index (χ3v) is 8.36. The van der Waals surface area contributed by atoms with Crippen LogP contribution < -0.4 is 11.5 Å². The fourth-order valence-corrected chi connectivity index (χ4v) is 6.17. The minimum Gasteiger partial charge on any atom is -0.435 e. The number of primary amides is 1. The van der Waals surface area contributed by atoms with Crippen LogP contribution in [0.25, 0.3) is 10.8 Å². The first-order chi connectivity index (χ1) is 20.0. The van der Waals surface area contributed by atoms with Crippen molar-refractivity contribution in [2.24, 2.45) is 11.5 Å². The van der Waals surface area contributed by atoms with Crippen molar-refractivity contribution in [3.8, 4) is 0 Å². The second kappa shape index (κ2) is 13.2. The van der Waals surface area contributed by atoms with Crippen LogP contribution in [0.4, 0.5) is 4.79 Å². The van der Waals surface area contributed by atoms with Gasteiger partial charge in [0, 0.05) is 12.8 Å². The number of rotatable bonds is 11. The summed E-state index contributed by atoms with van der Waals surface area (Å²) in [5, 5.41) is 24.3. The van der Waals surface area contributed by atoms with Crippen LogP contribution in [-0.4, -0.2) is 74.3 Å². The minimum absolute atomic E-state index is 0.0901. The van der Waals surface area contributed by atoms with Gasteiger partial charge in [0.25, 0.3) is 5.91 Å². The second-order valence-electron chi connectivity index (χ2n) is 11.2. The maximum atomic E-state index is 14.1. The van der Waals surface area contributed by atoms with Crippen LogP contribution in [0.3, 0.4) is 0 Å². The van der Waals surface area contributed by atoms with E-state index in [9.17, 15) is 29.4 Å². The number of hydrogen-bond donors (Lipinski definition) is 4. The Morgan fingerprint density at radius 2 is 1.64 bits per heavy atom. The molecule has 1 aliphatic heterocycles. The molecule has 0 saturated carbocycles. The number of nitrogens with two attached hydrogens (primary N) is 2. The summed E-state index contributed by atoms with van der Waals surface area (Å²) < 4.78 is -0.700. The molecule has 3 unspecified atom stereocenters. The summed E-state index contributed by atoms with van der Waals surface area (Å²) in [6.45, 7) is 1.86. The molecular weight excluding hydrogens is 536 g/mol. The highest BCUT2D eigenvalue weighted by Gasteiger charge is 2.59. The molecule has 3 aromatic rings. The monoisotopic (exact) mass is 575 g/mol. The molecule has 1 heterocycles. The molecule has 6 N–H and O–H groups in total. The lowest BCUT2D eigenvalue weighted by atomic mass is 9.99. The molecule has 0 bridgehead atoms. The molecule has 0 aromatic heterocycles. The summed E-state index contributed by atoms with van der Waals surface area (Å²) in [5.41, 5.74) is 12.9. The molecule has 0 spiro atoms. The third-order valence-electron chi connectivity index (χ3n) is 8.36. The number of aliphatic hydroxyl groups excluding tert-OH is 1. The van der Waals surface area contributed by atoms with Gasteiger partial charge in [0.15, 0.2) is 0 Å². The first kappa shape index (κ1) is 30.8. The van der Waals surface area contributed by atoms with Gasteiger partial charge in [-0.1, -0.05) is 72.8 Å². The fraction of sp³-hybridized carbons (Fsp3) is 0.375. The lowest BCUT2D eigenvalue weighted by molar-refractivity contribution is -0.904. The molecular formula is C32H39N4O6+. The van der Waals surface area contributed by atoms with E-state index in [1.807, 2.05) is 66.7 Å². The van der Waals surface area contributed by atoms with Gasteiger partial charge in [-0.25, -0.2) is 4.90 Å². The number of carbonyl (C=O) groups is 4. The Hall–Kier alpha value is -4.12. The van der Waals surface area contributed by atoms with Crippen molar-refractivity contribution in [2.45, 2.75) is 69.8 Å². The Bertz CT molecular complexity index is 1450. The molecule has 4 rings (SSSR count). The van der Waals surface area contributed by atoms with Gasteiger partial charge in [0.2, 0.25) is 18.0 Å². The van der Waals surface area contributed by atoms with Gasteiger partial charge >= 0.3 is 6.09 Å². The van der Waals surface area contributed by atoms with Crippen LogP contribution in [0.15, 0.2) is 72.8 Å². The predicted molar refractivity (Wildman–Crippen MR) is 158 cm³/mol. The number of aliphatic hydroxyl groups is 1. The number of hydrogen-bond acceptors (Lipinski definition) is 6. The van der Waals surface area contributed by atoms with Crippen LogP contribution in [0.1, 0.15) is 43.7 Å². The number of carboxylic acid groups (broad SMARTS) is 1. The van der Waals surface area contributed by atoms with Crippen LogP contribution in [0, 0.1) is 0 Å². The van der Waals surface area contributed by atoms with E-state index in [2.05, 4.69) is 0 Å². The zero-order chi connectivity index (χ0) is 30.4. The van der Waals surface area contributed by atoms with E-state index < -0.39 is 59.1 Å². The quantitative estimate of drug-likeness (QED) is 0.255. The zero-order valence-electron chi connectivity index (χ0n) is 23.8. The average Bonchev–Trinajstić information content (AvgIpc) is 3.35. The van der Waals surface area contributed by atoms with Crippen LogP contribution in [0.2, 0.25) is 0 Å². The van der Waals surface area contributed by atoms with E-state index in [-0.39, 0.29) is 19.4 Å². The number of likely N-dealkylation sites (tertiary alicyclic amines) is 1. The zero-order valence-corrected chi connectivity index (χ0v) is 23.8. The van der Waals surface area contributed by atoms with Crippen LogP contribution in [0.5, 0.6) is 0 Å². The van der Waals surface area contributed by atoms with Gasteiger partial charge in [-0.3, -0.25) is 14.4 Å². The molecule has 1 aliphatic rings. The van der Waals surface area contributed by atoms with Crippen molar-refractivity contribution >= 4 is 34.6 Å². The largest absolute Gasteiger partial charge is 0.515 e. The molecule has 3 aromatic carbocycles. The highest BCUT2D eigenvalue weighted by atomic mass is 16.4. The van der Waals surface area contributed by atoms with Crippen molar-refractivity contribution in [3.63, 3.8) is 0 Å². The maximum absolute atomic E-state index is 14.1. The van der Waals surface area contributed by atoms with Gasteiger partial charge < -0.3 is 21.7 Å². The molecule has 10 heteroatoms. The average molecular weight is 576 g/mol. The van der Waals surface area contributed by atoms with Crippen molar-refractivity contribution in [3.05, 3.63) is 83.9 Å². The first-order valence-corrected chi connectivity index (χ1v) is 14.2. The Kier molecular flexibility index (Phi) is 9.72. The molecule has 222 valence electrons. The number of quaternary nitrogens is 1. The van der Waals surface area contributed by atoms with E-state index in [0.29, 0.717) is 24.8 Å². The predicted octanol–water partition coefficient (Wildman–Crippen LogP) is 2.94. The summed E-state index contributed by atoms with van der Waals surface area (Å²) >= 11 is 0. The van der Waals surface area contributed by atoms with Crippen molar-refractivity contribution in [1.29, 1.82) is 0 Å². The lowest BCUT2D eigenvalue weighted by Crippen LogP contribution is -2.73. The smallest absolute Gasteiger partial charge is 0.435 e. The standard InChI is InChI=1S/C32H38N4O6/c1-21-8-7-17-36(21,32(41)42)30(27(37)16-14-22-9-3-2-4-10-22)35(31(40)26(33)20-28(34)38)29(39)19-23-13-15-24-11-5-6-12-25(24)18-23/h2-6,9-13,15,18,21,26-27,30,37H,7-8,14,16-17,19-20,33H2,1H3,(H2-,34,38,41,42)/p+1/t21?,26-,27+,30?,36?/m0/s1. The first-order valence-electron chi connectivity index (χ1n) is 14.2. The van der Waals surface area contributed by atoms with E-state index in [0.717, 1.165) is 21.2 Å². The Morgan fingerprint density at radius 1 is 0.976 bits per heavy atom. The molecule has 0 radical (unpaired) electrons.